The van der Waals surface area contributed by atoms with Gasteiger partial charge < -0.3 is 10.0 Å². The van der Waals surface area contributed by atoms with Crippen molar-refractivity contribution in [3.63, 3.8) is 0 Å². The highest BCUT2D eigenvalue weighted by Crippen LogP contribution is 2.40. The molecule has 2 saturated heterocycles. The van der Waals surface area contributed by atoms with Gasteiger partial charge in [0.25, 0.3) is 0 Å². The summed E-state index contributed by atoms with van der Waals surface area (Å²) in [5.74, 6) is -0.0967. The maximum Gasteiger partial charge on any atom is 0.222 e. The third kappa shape index (κ3) is 3.90. The molecule has 6 heteroatoms. The number of amides is 1. The summed E-state index contributed by atoms with van der Waals surface area (Å²) in [5.41, 5.74) is 0.842. The van der Waals surface area contributed by atoms with Gasteiger partial charge in [-0.15, -0.1) is 0 Å². The number of nitrogens with zero attached hydrogens (tertiary/aromatic N) is 2. The van der Waals surface area contributed by atoms with Crippen LogP contribution in [0.1, 0.15) is 31.2 Å². The molecular weight excluding hydrogens is 331 g/mol. The fraction of sp³-hybridized carbons (Fsp3) is 0.611. The number of hydrogen-bond acceptors (Lipinski definition) is 3. The van der Waals surface area contributed by atoms with Gasteiger partial charge in [0, 0.05) is 36.6 Å². The van der Waals surface area contributed by atoms with E-state index in [1.165, 1.54) is 6.07 Å². The molecule has 1 amide bonds. The molecule has 0 unspecified atom stereocenters. The van der Waals surface area contributed by atoms with Crippen LogP contribution in [-0.2, 0) is 11.3 Å². The molecule has 1 aromatic rings. The molecule has 24 heavy (non-hydrogen) atoms. The van der Waals surface area contributed by atoms with Crippen molar-refractivity contribution in [2.45, 2.75) is 32.2 Å². The summed E-state index contributed by atoms with van der Waals surface area (Å²) in [7, 11) is 0. The number of piperidine rings is 2. The van der Waals surface area contributed by atoms with Gasteiger partial charge in [0.2, 0.25) is 5.91 Å². The largest absolute Gasteiger partial charge is 0.395 e. The number of halogens is 2. The topological polar surface area (TPSA) is 43.8 Å². The Labute approximate surface area is 147 Å². The van der Waals surface area contributed by atoms with Crippen molar-refractivity contribution >= 4 is 17.5 Å². The predicted octanol–water partition coefficient (Wildman–Crippen LogP) is 2.68. The number of carbonyl (C=O) groups excluding carboxylic acids is 1. The van der Waals surface area contributed by atoms with Gasteiger partial charge in [-0.1, -0.05) is 17.7 Å². The number of likely N-dealkylation sites (tertiary alicyclic amines) is 2. The number of β-amino-alcohol motifs (C(OH)–C–C–N with tert-alkyl or cyclic N) is 1. The SMILES string of the molecule is O=C1CCC2(CCN(Cc3ccc(Cl)cc3F)CC2)CN1CCO. The van der Waals surface area contributed by atoms with E-state index in [2.05, 4.69) is 4.90 Å². The molecule has 2 heterocycles. The van der Waals surface area contributed by atoms with E-state index < -0.39 is 0 Å². The molecule has 2 fully saturated rings. The lowest BCUT2D eigenvalue weighted by Gasteiger charge is -2.47. The highest BCUT2D eigenvalue weighted by molar-refractivity contribution is 6.30. The van der Waals surface area contributed by atoms with E-state index in [1.807, 2.05) is 0 Å². The fourth-order valence-electron chi connectivity index (χ4n) is 3.91. The fourth-order valence-corrected chi connectivity index (χ4v) is 4.07. The smallest absolute Gasteiger partial charge is 0.222 e. The lowest BCUT2D eigenvalue weighted by Crippen LogP contribution is -2.51. The van der Waals surface area contributed by atoms with Gasteiger partial charge in [-0.2, -0.15) is 0 Å². The van der Waals surface area contributed by atoms with Gasteiger partial charge in [-0.05, 0) is 49.9 Å². The summed E-state index contributed by atoms with van der Waals surface area (Å²) >= 11 is 5.80. The third-order valence-electron chi connectivity index (χ3n) is 5.44. The lowest BCUT2D eigenvalue weighted by atomic mass is 9.72. The van der Waals surface area contributed by atoms with Crippen LogP contribution in [0.2, 0.25) is 5.02 Å². The first-order valence-corrected chi connectivity index (χ1v) is 8.94. The van der Waals surface area contributed by atoms with E-state index in [0.717, 1.165) is 38.9 Å². The highest BCUT2D eigenvalue weighted by Gasteiger charge is 2.40. The van der Waals surface area contributed by atoms with Crippen molar-refractivity contribution in [2.24, 2.45) is 5.41 Å². The van der Waals surface area contributed by atoms with Crippen LogP contribution in [0, 0.1) is 11.2 Å². The van der Waals surface area contributed by atoms with E-state index in [9.17, 15) is 9.18 Å². The van der Waals surface area contributed by atoms with Gasteiger partial charge in [0.1, 0.15) is 5.82 Å². The maximum atomic E-state index is 14.0. The van der Waals surface area contributed by atoms with Crippen LogP contribution in [-0.4, -0.2) is 53.6 Å². The van der Waals surface area contributed by atoms with Crippen molar-refractivity contribution in [1.82, 2.24) is 9.80 Å². The Morgan fingerprint density at radius 2 is 2.00 bits per heavy atom. The van der Waals surface area contributed by atoms with Crippen LogP contribution in [0.25, 0.3) is 0 Å². The zero-order valence-corrected chi connectivity index (χ0v) is 14.6. The van der Waals surface area contributed by atoms with Crippen molar-refractivity contribution in [2.75, 3.05) is 32.8 Å². The Morgan fingerprint density at radius 3 is 2.67 bits per heavy atom. The molecule has 2 aliphatic rings. The van der Waals surface area contributed by atoms with E-state index >= 15 is 0 Å². The highest BCUT2D eigenvalue weighted by atomic mass is 35.5. The van der Waals surface area contributed by atoms with Gasteiger partial charge in [-0.25, -0.2) is 4.39 Å². The third-order valence-corrected chi connectivity index (χ3v) is 5.68. The van der Waals surface area contributed by atoms with Crippen LogP contribution in [0.3, 0.4) is 0 Å². The molecular formula is C18H24ClFN2O2. The summed E-state index contributed by atoms with van der Waals surface area (Å²) in [4.78, 5) is 16.0. The summed E-state index contributed by atoms with van der Waals surface area (Å²) < 4.78 is 14.0. The Kier molecular flexibility index (Phi) is 5.42. The van der Waals surface area contributed by atoms with E-state index in [-0.39, 0.29) is 23.7 Å². The average Bonchev–Trinajstić information content (AvgIpc) is 2.56. The van der Waals surface area contributed by atoms with Gasteiger partial charge in [0.15, 0.2) is 0 Å². The number of hydrogen-bond donors (Lipinski definition) is 1. The zero-order chi connectivity index (χ0) is 17.2. The minimum absolute atomic E-state index is 0.0176. The van der Waals surface area contributed by atoms with Crippen molar-refractivity contribution < 1.29 is 14.3 Å². The number of rotatable bonds is 4. The van der Waals surface area contributed by atoms with Crippen LogP contribution < -0.4 is 0 Å². The molecule has 3 rings (SSSR count). The number of carbonyl (C=O) groups is 1. The van der Waals surface area contributed by atoms with Crippen molar-refractivity contribution in [3.05, 3.63) is 34.6 Å². The van der Waals surface area contributed by atoms with Crippen LogP contribution in [0.5, 0.6) is 0 Å². The molecule has 4 nitrogen and oxygen atoms in total. The van der Waals surface area contributed by atoms with Gasteiger partial charge >= 0.3 is 0 Å². The van der Waals surface area contributed by atoms with Crippen LogP contribution in [0.4, 0.5) is 4.39 Å². The maximum absolute atomic E-state index is 14.0. The Hall–Kier alpha value is -1.17. The molecule has 2 aliphatic heterocycles. The van der Waals surface area contributed by atoms with Gasteiger partial charge in [0.05, 0.1) is 6.61 Å². The molecule has 0 atom stereocenters. The lowest BCUT2D eigenvalue weighted by molar-refractivity contribution is -0.139. The van der Waals surface area contributed by atoms with Gasteiger partial charge in [-0.3, -0.25) is 9.69 Å². The summed E-state index contributed by atoms with van der Waals surface area (Å²) in [6.07, 6.45) is 3.53. The predicted molar refractivity (Wildman–Crippen MR) is 91.3 cm³/mol. The monoisotopic (exact) mass is 354 g/mol. The first-order valence-electron chi connectivity index (χ1n) is 8.56. The van der Waals surface area contributed by atoms with E-state index in [1.54, 1.807) is 17.0 Å². The second kappa shape index (κ2) is 7.38. The van der Waals surface area contributed by atoms with Crippen molar-refractivity contribution in [1.29, 1.82) is 0 Å². The molecule has 132 valence electrons. The number of aliphatic hydroxyl groups is 1. The quantitative estimate of drug-likeness (QED) is 0.904. The second-order valence-corrected chi connectivity index (χ2v) is 7.49. The standard InChI is InChI=1S/C18H24ClFN2O2/c19-15-2-1-14(16(20)11-15)12-21-7-5-18(6-8-21)4-3-17(24)22(13-18)9-10-23/h1-2,11,23H,3-10,12-13H2. The first-order chi connectivity index (χ1) is 11.5. The molecule has 1 aromatic carbocycles. The summed E-state index contributed by atoms with van der Waals surface area (Å²) in [5, 5.41) is 9.55. The molecule has 0 aliphatic carbocycles. The Morgan fingerprint density at radius 1 is 1.25 bits per heavy atom. The zero-order valence-electron chi connectivity index (χ0n) is 13.8. The molecule has 1 spiro atoms. The number of benzene rings is 1. The summed E-state index contributed by atoms with van der Waals surface area (Å²) in [6.45, 7) is 3.60. The first kappa shape index (κ1) is 17.6. The second-order valence-electron chi connectivity index (χ2n) is 7.05. The molecule has 0 saturated carbocycles. The van der Waals surface area contributed by atoms with E-state index in [0.29, 0.717) is 30.1 Å². The van der Waals surface area contributed by atoms with E-state index in [4.69, 9.17) is 16.7 Å². The molecule has 0 bridgehead atoms. The number of aliphatic hydroxyl groups excluding tert-OH is 1. The Bertz CT molecular complexity index is 603. The average molecular weight is 355 g/mol. The minimum atomic E-state index is -0.250. The molecule has 0 aromatic heterocycles. The minimum Gasteiger partial charge on any atom is -0.395 e. The Balaban J connectivity index is 1.58. The molecule has 0 radical (unpaired) electrons. The van der Waals surface area contributed by atoms with Crippen molar-refractivity contribution in [3.8, 4) is 0 Å². The van der Waals surface area contributed by atoms with Crippen LogP contribution >= 0.6 is 11.6 Å². The normalized spacial score (nSPS) is 21.5. The molecule has 1 N–H and O–H groups in total. The van der Waals surface area contributed by atoms with Crippen LogP contribution in [0.15, 0.2) is 18.2 Å². The summed E-state index contributed by atoms with van der Waals surface area (Å²) in [6, 6.07) is 4.84.